The molecule has 1 aliphatic carbocycles. The van der Waals surface area contributed by atoms with Crippen molar-refractivity contribution in [3.63, 3.8) is 0 Å². The third-order valence-electron chi connectivity index (χ3n) is 8.84. The van der Waals surface area contributed by atoms with E-state index in [4.69, 9.17) is 11.6 Å². The van der Waals surface area contributed by atoms with Crippen LogP contribution < -0.4 is 0 Å². The molecule has 0 bridgehead atoms. The largest absolute Gasteiger partial charge is 0.481 e. The van der Waals surface area contributed by atoms with Crippen molar-refractivity contribution in [2.75, 3.05) is 0 Å². The summed E-state index contributed by atoms with van der Waals surface area (Å²) in [5.74, 6) is -0.892. The van der Waals surface area contributed by atoms with Gasteiger partial charge in [0.25, 0.3) is 0 Å². The number of carboxylic acids is 1. The third-order valence-corrected chi connectivity index (χ3v) is 9.19. The molecule has 206 valence electrons. The van der Waals surface area contributed by atoms with Gasteiger partial charge in [0.15, 0.2) is 0 Å². The Labute approximate surface area is 238 Å². The van der Waals surface area contributed by atoms with E-state index in [9.17, 15) is 15.0 Å². The quantitative estimate of drug-likeness (QED) is 0.282. The maximum absolute atomic E-state index is 11.5. The number of aliphatic carboxylic acids is 1. The van der Waals surface area contributed by atoms with Gasteiger partial charge < -0.3 is 10.2 Å². The molecule has 4 rings (SSSR count). The van der Waals surface area contributed by atoms with Gasteiger partial charge in [-0.15, -0.1) is 0 Å². The number of benzene rings is 3. The lowest BCUT2D eigenvalue weighted by Crippen LogP contribution is -2.28. The van der Waals surface area contributed by atoms with E-state index in [1.165, 1.54) is 23.1 Å². The van der Waals surface area contributed by atoms with Gasteiger partial charge in [-0.05, 0) is 90.1 Å². The van der Waals surface area contributed by atoms with Crippen LogP contribution in [-0.2, 0) is 16.6 Å². The zero-order valence-corrected chi connectivity index (χ0v) is 24.4. The zero-order valence-electron chi connectivity index (χ0n) is 23.7. The average Bonchev–Trinajstić information content (AvgIpc) is 2.91. The first-order valence-corrected chi connectivity index (χ1v) is 14.6. The number of carboxylic acid groups (broad SMARTS) is 1. The van der Waals surface area contributed by atoms with E-state index in [0.717, 1.165) is 60.8 Å². The molecule has 0 radical (unpaired) electrons. The molecular weight excluding hydrogens is 504 g/mol. The molecule has 0 amide bonds. The molecule has 1 fully saturated rings. The maximum atomic E-state index is 11.5. The SMILES string of the molecule is CCC(CC)(c1ccc(/C=C/C2(O)CCCCC2)c(C)c1)c1ccc(-c2cccc(Cl)c2CC(=O)O)c(C)c1. The normalized spacial score (nSPS) is 15.5. The number of carbonyl (C=O) groups is 1. The van der Waals surface area contributed by atoms with Crippen LogP contribution in [0, 0.1) is 13.8 Å². The van der Waals surface area contributed by atoms with Crippen molar-refractivity contribution in [2.45, 2.75) is 90.1 Å². The molecule has 0 spiro atoms. The van der Waals surface area contributed by atoms with E-state index in [-0.39, 0.29) is 11.8 Å². The number of hydrogen-bond donors (Lipinski definition) is 2. The first-order valence-electron chi connectivity index (χ1n) is 14.3. The molecule has 0 atom stereocenters. The summed E-state index contributed by atoms with van der Waals surface area (Å²) in [5, 5.41) is 20.8. The van der Waals surface area contributed by atoms with Crippen LogP contribution in [0.25, 0.3) is 17.2 Å². The first kappa shape index (κ1) is 29.1. The zero-order chi connectivity index (χ0) is 28.2. The second-order valence-electron chi connectivity index (χ2n) is 11.2. The number of rotatable bonds is 9. The fraction of sp³-hybridized carbons (Fsp3) is 0.400. The molecular formula is C35H41ClO3. The molecule has 3 nitrogen and oxygen atoms in total. The van der Waals surface area contributed by atoms with Gasteiger partial charge in [0.2, 0.25) is 0 Å². The Bertz CT molecular complexity index is 1360. The standard InChI is InChI=1S/C35H41ClO3/c1-5-35(6-2,27-14-13-26(24(3)21-27)17-20-34(39)18-8-7-9-19-34)28-15-16-29(25(4)22-28)30-11-10-12-32(36)31(30)23-33(37)38/h10-17,20-22,39H,5-9,18-19,23H2,1-4H3,(H,37,38)/b20-17+. The van der Waals surface area contributed by atoms with E-state index in [2.05, 4.69) is 70.2 Å². The highest BCUT2D eigenvalue weighted by Crippen LogP contribution is 2.42. The highest BCUT2D eigenvalue weighted by molar-refractivity contribution is 6.32. The van der Waals surface area contributed by atoms with E-state index in [0.29, 0.717) is 10.6 Å². The van der Waals surface area contributed by atoms with Crippen molar-refractivity contribution in [1.29, 1.82) is 0 Å². The third kappa shape index (κ3) is 6.15. The molecule has 0 aromatic heterocycles. The summed E-state index contributed by atoms with van der Waals surface area (Å²) in [5.41, 5.74) is 7.73. The van der Waals surface area contributed by atoms with Gasteiger partial charge >= 0.3 is 5.97 Å². The fourth-order valence-electron chi connectivity index (χ4n) is 6.37. The van der Waals surface area contributed by atoms with E-state index < -0.39 is 11.6 Å². The maximum Gasteiger partial charge on any atom is 0.307 e. The van der Waals surface area contributed by atoms with E-state index >= 15 is 0 Å². The van der Waals surface area contributed by atoms with Crippen LogP contribution in [0.4, 0.5) is 0 Å². The summed E-state index contributed by atoms with van der Waals surface area (Å²) in [7, 11) is 0. The highest BCUT2D eigenvalue weighted by Gasteiger charge is 2.32. The van der Waals surface area contributed by atoms with Gasteiger partial charge in [0.1, 0.15) is 0 Å². The van der Waals surface area contributed by atoms with Crippen molar-refractivity contribution in [2.24, 2.45) is 0 Å². The highest BCUT2D eigenvalue weighted by atomic mass is 35.5. The first-order chi connectivity index (χ1) is 18.6. The van der Waals surface area contributed by atoms with Gasteiger partial charge in [-0.3, -0.25) is 4.79 Å². The monoisotopic (exact) mass is 544 g/mol. The Hall–Kier alpha value is -2.88. The van der Waals surface area contributed by atoms with Gasteiger partial charge in [-0.2, -0.15) is 0 Å². The molecule has 0 unspecified atom stereocenters. The fourth-order valence-corrected chi connectivity index (χ4v) is 6.62. The predicted molar refractivity (Wildman–Crippen MR) is 163 cm³/mol. The minimum absolute atomic E-state index is 0.110. The molecule has 2 N–H and O–H groups in total. The van der Waals surface area contributed by atoms with Crippen LogP contribution in [0.3, 0.4) is 0 Å². The topological polar surface area (TPSA) is 57.5 Å². The summed E-state index contributed by atoms with van der Waals surface area (Å²) >= 11 is 6.42. The van der Waals surface area contributed by atoms with Crippen LogP contribution in [-0.4, -0.2) is 21.8 Å². The number of halogens is 1. The molecule has 3 aromatic carbocycles. The Morgan fingerprint density at radius 1 is 0.923 bits per heavy atom. The second kappa shape index (κ2) is 12.1. The summed E-state index contributed by atoms with van der Waals surface area (Å²) in [4.78, 5) is 11.5. The second-order valence-corrected chi connectivity index (χ2v) is 11.6. The lowest BCUT2D eigenvalue weighted by atomic mass is 9.69. The van der Waals surface area contributed by atoms with Gasteiger partial charge in [-0.25, -0.2) is 0 Å². The minimum Gasteiger partial charge on any atom is -0.481 e. The number of aryl methyl sites for hydroxylation is 2. The Morgan fingerprint density at radius 3 is 2.15 bits per heavy atom. The number of hydrogen-bond acceptors (Lipinski definition) is 2. The lowest BCUT2D eigenvalue weighted by Gasteiger charge is -2.34. The van der Waals surface area contributed by atoms with Crippen molar-refractivity contribution in [1.82, 2.24) is 0 Å². The molecule has 4 heteroatoms. The Kier molecular flexibility index (Phi) is 9.03. The summed E-state index contributed by atoms with van der Waals surface area (Å²) in [6.07, 6.45) is 11.0. The van der Waals surface area contributed by atoms with Crippen LogP contribution in [0.1, 0.15) is 92.2 Å². The molecule has 3 aromatic rings. The molecule has 0 heterocycles. The smallest absolute Gasteiger partial charge is 0.307 e. The minimum atomic E-state index is -0.892. The predicted octanol–water partition coefficient (Wildman–Crippen LogP) is 9.07. The van der Waals surface area contributed by atoms with Crippen LogP contribution >= 0.6 is 11.6 Å². The Balaban J connectivity index is 1.70. The lowest BCUT2D eigenvalue weighted by molar-refractivity contribution is -0.136. The molecule has 1 saturated carbocycles. The number of aliphatic hydroxyl groups is 1. The molecule has 1 aliphatic rings. The molecule has 0 aliphatic heterocycles. The van der Waals surface area contributed by atoms with Gasteiger partial charge in [0, 0.05) is 10.4 Å². The van der Waals surface area contributed by atoms with E-state index in [1.54, 1.807) is 6.07 Å². The van der Waals surface area contributed by atoms with Crippen molar-refractivity contribution < 1.29 is 15.0 Å². The van der Waals surface area contributed by atoms with Crippen molar-refractivity contribution in [3.8, 4) is 11.1 Å². The van der Waals surface area contributed by atoms with E-state index in [1.807, 2.05) is 18.2 Å². The van der Waals surface area contributed by atoms with Gasteiger partial charge in [-0.1, -0.05) is 105 Å². The summed E-state index contributed by atoms with van der Waals surface area (Å²) < 4.78 is 0. The average molecular weight is 545 g/mol. The molecule has 39 heavy (non-hydrogen) atoms. The summed E-state index contributed by atoms with van der Waals surface area (Å²) in [6.45, 7) is 8.74. The van der Waals surface area contributed by atoms with Crippen LogP contribution in [0.15, 0.2) is 60.7 Å². The molecule has 0 saturated heterocycles. The van der Waals surface area contributed by atoms with Crippen molar-refractivity contribution in [3.05, 3.63) is 99.1 Å². The van der Waals surface area contributed by atoms with Gasteiger partial charge in [0.05, 0.1) is 12.0 Å². The van der Waals surface area contributed by atoms with Crippen molar-refractivity contribution >= 4 is 23.6 Å². The van der Waals surface area contributed by atoms with Crippen LogP contribution in [0.5, 0.6) is 0 Å². The van der Waals surface area contributed by atoms with Crippen LogP contribution in [0.2, 0.25) is 5.02 Å². The Morgan fingerprint density at radius 2 is 1.56 bits per heavy atom. The summed E-state index contributed by atoms with van der Waals surface area (Å²) in [6, 6.07) is 18.9.